The molecule has 3 unspecified atom stereocenters. The molecule has 1 aliphatic heterocycles. The highest BCUT2D eigenvalue weighted by atomic mass is 16.2. The van der Waals surface area contributed by atoms with Crippen molar-refractivity contribution in [2.24, 2.45) is 17.3 Å². The van der Waals surface area contributed by atoms with Gasteiger partial charge in [0.1, 0.15) is 0 Å². The lowest BCUT2D eigenvalue weighted by molar-refractivity contribution is -0.131. The molecule has 3 aliphatic rings. The Kier molecular flexibility index (Phi) is 4.31. The van der Waals surface area contributed by atoms with Crippen molar-refractivity contribution in [1.29, 1.82) is 0 Å². The van der Waals surface area contributed by atoms with Gasteiger partial charge in [-0.2, -0.15) is 0 Å². The molecule has 3 atom stereocenters. The molecule has 2 aliphatic carbocycles. The third kappa shape index (κ3) is 3.13. The Balaban J connectivity index is 1.67. The van der Waals surface area contributed by atoms with Crippen molar-refractivity contribution < 1.29 is 4.79 Å². The molecule has 1 saturated heterocycles. The summed E-state index contributed by atoms with van der Waals surface area (Å²) in [5.41, 5.74) is 0.460. The van der Waals surface area contributed by atoms with Crippen LogP contribution in [0.1, 0.15) is 72.1 Å². The van der Waals surface area contributed by atoms with Gasteiger partial charge in [-0.3, -0.25) is 10.1 Å². The Morgan fingerprint density at radius 2 is 1.95 bits per heavy atom. The summed E-state index contributed by atoms with van der Waals surface area (Å²) in [6, 6.07) is 0.0948. The molecule has 0 spiro atoms. The van der Waals surface area contributed by atoms with Crippen molar-refractivity contribution >= 4 is 5.91 Å². The van der Waals surface area contributed by atoms with Crippen LogP contribution in [0.4, 0.5) is 0 Å². The van der Waals surface area contributed by atoms with Crippen molar-refractivity contribution in [2.75, 3.05) is 6.54 Å². The Morgan fingerprint density at radius 1 is 1.29 bits per heavy atom. The van der Waals surface area contributed by atoms with E-state index in [2.05, 4.69) is 31.0 Å². The lowest BCUT2D eigenvalue weighted by Crippen LogP contribution is -2.43. The third-order valence-electron chi connectivity index (χ3n) is 6.12. The van der Waals surface area contributed by atoms with Gasteiger partial charge >= 0.3 is 0 Å². The number of amides is 1. The van der Waals surface area contributed by atoms with E-state index in [1.807, 2.05) is 0 Å². The number of rotatable bonds is 6. The van der Waals surface area contributed by atoms with Crippen LogP contribution in [0.3, 0.4) is 0 Å². The fourth-order valence-corrected chi connectivity index (χ4v) is 4.31. The summed E-state index contributed by atoms with van der Waals surface area (Å²) in [7, 11) is 0. The van der Waals surface area contributed by atoms with E-state index in [0.717, 1.165) is 25.3 Å². The smallest absolute Gasteiger partial charge is 0.241 e. The van der Waals surface area contributed by atoms with Crippen molar-refractivity contribution in [2.45, 2.75) is 84.3 Å². The Labute approximate surface area is 129 Å². The molecule has 0 aromatic rings. The molecule has 3 rings (SSSR count). The second-order valence-electron chi connectivity index (χ2n) is 8.23. The summed E-state index contributed by atoms with van der Waals surface area (Å²) in [6.45, 7) is 7.87. The lowest BCUT2D eigenvalue weighted by Gasteiger charge is -2.29. The number of nitrogens with zero attached hydrogens (tertiary/aromatic N) is 1. The predicted octanol–water partition coefficient (Wildman–Crippen LogP) is 3.54. The standard InChI is InChI=1S/C18H32N2O/c1-4-5-10-15-17(21)20(12-14-11-18(14,2)3)16(19-15)13-8-6-7-9-13/h13-16,19H,4-12H2,1-3H3. The highest BCUT2D eigenvalue weighted by Crippen LogP contribution is 2.52. The van der Waals surface area contributed by atoms with Crippen LogP contribution in [0.25, 0.3) is 0 Å². The van der Waals surface area contributed by atoms with Crippen LogP contribution in [-0.4, -0.2) is 29.6 Å². The van der Waals surface area contributed by atoms with E-state index in [4.69, 9.17) is 0 Å². The predicted molar refractivity (Wildman–Crippen MR) is 85.8 cm³/mol. The van der Waals surface area contributed by atoms with Crippen molar-refractivity contribution in [3.63, 3.8) is 0 Å². The summed E-state index contributed by atoms with van der Waals surface area (Å²) in [5.74, 6) is 1.81. The topological polar surface area (TPSA) is 32.3 Å². The molecule has 1 N–H and O–H groups in total. The molecular formula is C18H32N2O. The average Bonchev–Trinajstić information content (AvgIpc) is 2.87. The maximum atomic E-state index is 12.8. The summed E-state index contributed by atoms with van der Waals surface area (Å²) >= 11 is 0. The molecule has 3 heteroatoms. The van der Waals surface area contributed by atoms with Gasteiger partial charge < -0.3 is 4.90 Å². The van der Waals surface area contributed by atoms with Gasteiger partial charge in [0.15, 0.2) is 0 Å². The first-order valence-corrected chi connectivity index (χ1v) is 9.09. The zero-order valence-corrected chi connectivity index (χ0v) is 14.0. The molecule has 120 valence electrons. The molecule has 2 saturated carbocycles. The molecule has 21 heavy (non-hydrogen) atoms. The van der Waals surface area contributed by atoms with E-state index in [1.54, 1.807) is 0 Å². The van der Waals surface area contributed by atoms with Crippen molar-refractivity contribution in [1.82, 2.24) is 10.2 Å². The molecule has 3 fully saturated rings. The van der Waals surface area contributed by atoms with Gasteiger partial charge in [-0.1, -0.05) is 46.5 Å². The third-order valence-corrected chi connectivity index (χ3v) is 6.12. The second kappa shape index (κ2) is 5.91. The van der Waals surface area contributed by atoms with Gasteiger partial charge in [0.05, 0.1) is 12.2 Å². The summed E-state index contributed by atoms with van der Waals surface area (Å²) < 4.78 is 0. The van der Waals surface area contributed by atoms with Crippen molar-refractivity contribution in [3.8, 4) is 0 Å². The fourth-order valence-electron chi connectivity index (χ4n) is 4.31. The Morgan fingerprint density at radius 3 is 2.52 bits per heavy atom. The Bertz CT molecular complexity index is 387. The van der Waals surface area contributed by atoms with Crippen LogP contribution >= 0.6 is 0 Å². The van der Waals surface area contributed by atoms with Crippen LogP contribution in [-0.2, 0) is 4.79 Å². The van der Waals surface area contributed by atoms with Gasteiger partial charge in [-0.25, -0.2) is 0 Å². The average molecular weight is 292 g/mol. The van der Waals surface area contributed by atoms with E-state index in [0.29, 0.717) is 23.4 Å². The van der Waals surface area contributed by atoms with E-state index in [-0.39, 0.29) is 6.04 Å². The summed E-state index contributed by atoms with van der Waals surface area (Å²) in [6.07, 6.45) is 10.3. The summed E-state index contributed by atoms with van der Waals surface area (Å²) in [5, 5.41) is 3.70. The zero-order chi connectivity index (χ0) is 15.0. The summed E-state index contributed by atoms with van der Waals surface area (Å²) in [4.78, 5) is 15.0. The minimum absolute atomic E-state index is 0.0948. The minimum atomic E-state index is 0.0948. The lowest BCUT2D eigenvalue weighted by atomic mass is 10.0. The zero-order valence-electron chi connectivity index (χ0n) is 14.0. The maximum Gasteiger partial charge on any atom is 0.241 e. The first kappa shape index (κ1) is 15.3. The molecule has 0 aromatic heterocycles. The normalized spacial score (nSPS) is 35.7. The maximum absolute atomic E-state index is 12.8. The molecule has 0 radical (unpaired) electrons. The molecule has 0 aromatic carbocycles. The second-order valence-corrected chi connectivity index (χ2v) is 8.23. The van der Waals surface area contributed by atoms with Gasteiger partial charge in [-0.15, -0.1) is 0 Å². The fraction of sp³-hybridized carbons (Fsp3) is 0.944. The first-order valence-electron chi connectivity index (χ1n) is 9.09. The van der Waals surface area contributed by atoms with Gasteiger partial charge in [0, 0.05) is 6.54 Å². The van der Waals surface area contributed by atoms with Crippen LogP contribution < -0.4 is 5.32 Å². The van der Waals surface area contributed by atoms with Gasteiger partial charge in [0.25, 0.3) is 0 Å². The minimum Gasteiger partial charge on any atom is -0.325 e. The number of hydrogen-bond donors (Lipinski definition) is 1. The highest BCUT2D eigenvalue weighted by Gasteiger charge is 2.50. The molecule has 1 heterocycles. The van der Waals surface area contributed by atoms with Gasteiger partial charge in [0.2, 0.25) is 5.91 Å². The number of unbranched alkanes of at least 4 members (excludes halogenated alkanes) is 1. The van der Waals surface area contributed by atoms with E-state index < -0.39 is 0 Å². The largest absolute Gasteiger partial charge is 0.325 e. The van der Waals surface area contributed by atoms with Gasteiger partial charge in [-0.05, 0) is 42.9 Å². The van der Waals surface area contributed by atoms with Crippen LogP contribution in [0, 0.1) is 17.3 Å². The molecule has 1 amide bonds. The van der Waals surface area contributed by atoms with Crippen molar-refractivity contribution in [3.05, 3.63) is 0 Å². The van der Waals surface area contributed by atoms with E-state index in [9.17, 15) is 4.79 Å². The van der Waals surface area contributed by atoms with Crippen LogP contribution in [0.2, 0.25) is 0 Å². The highest BCUT2D eigenvalue weighted by molar-refractivity contribution is 5.84. The number of hydrogen-bond acceptors (Lipinski definition) is 2. The number of carbonyl (C=O) groups excluding carboxylic acids is 1. The monoisotopic (exact) mass is 292 g/mol. The SMILES string of the molecule is CCCCC1NC(C2CCCC2)N(CC2CC2(C)C)C1=O. The van der Waals surface area contributed by atoms with E-state index >= 15 is 0 Å². The van der Waals surface area contributed by atoms with Crippen LogP contribution in [0.5, 0.6) is 0 Å². The van der Waals surface area contributed by atoms with E-state index in [1.165, 1.54) is 38.5 Å². The molecule has 3 nitrogen and oxygen atoms in total. The number of nitrogens with one attached hydrogen (secondary N) is 1. The number of carbonyl (C=O) groups is 1. The molecule has 0 bridgehead atoms. The Hall–Kier alpha value is -0.570. The first-order chi connectivity index (χ1) is 10.0. The molecular weight excluding hydrogens is 260 g/mol. The quantitative estimate of drug-likeness (QED) is 0.812. The van der Waals surface area contributed by atoms with Crippen LogP contribution in [0.15, 0.2) is 0 Å².